The highest BCUT2D eigenvalue weighted by Gasteiger charge is 2.55. The molecular weight excluding hydrogens is 158 g/mol. The van der Waals surface area contributed by atoms with Gasteiger partial charge in [-0.2, -0.15) is 0 Å². The topological polar surface area (TPSA) is 12.0 Å². The molecular formula is C12H19N. The van der Waals surface area contributed by atoms with Crippen LogP contribution in [0.1, 0.15) is 45.4 Å². The van der Waals surface area contributed by atoms with Crippen LogP contribution in [-0.4, -0.2) is 12.1 Å². The zero-order chi connectivity index (χ0) is 9.31. The molecule has 2 rings (SSSR count). The summed E-state index contributed by atoms with van der Waals surface area (Å²) < 4.78 is 0. The molecule has 72 valence electrons. The van der Waals surface area contributed by atoms with Gasteiger partial charge in [-0.3, -0.25) is 0 Å². The van der Waals surface area contributed by atoms with Crippen LogP contribution in [-0.2, 0) is 0 Å². The molecule has 0 radical (unpaired) electrons. The molecule has 0 aromatic rings. The summed E-state index contributed by atoms with van der Waals surface area (Å²) in [4.78, 5) is 0. The molecule has 1 N–H and O–H groups in total. The Labute approximate surface area is 81.3 Å². The van der Waals surface area contributed by atoms with E-state index in [-0.39, 0.29) is 0 Å². The smallest absolute Gasteiger partial charge is 0.0686 e. The van der Waals surface area contributed by atoms with Gasteiger partial charge in [0.05, 0.1) is 6.04 Å². The van der Waals surface area contributed by atoms with E-state index in [9.17, 15) is 0 Å². The fourth-order valence-corrected chi connectivity index (χ4v) is 2.74. The van der Waals surface area contributed by atoms with Crippen LogP contribution in [0.2, 0.25) is 0 Å². The summed E-state index contributed by atoms with van der Waals surface area (Å²) in [5.74, 6) is 2.82. The quantitative estimate of drug-likeness (QED) is 0.652. The lowest BCUT2D eigenvalue weighted by Gasteiger charge is -2.13. The summed E-state index contributed by atoms with van der Waals surface area (Å²) in [6.45, 7) is 2.15. The Balaban J connectivity index is 1.83. The van der Waals surface area contributed by atoms with Crippen molar-refractivity contribution in [2.45, 2.75) is 57.5 Å². The molecule has 1 nitrogen and oxygen atoms in total. The first-order chi connectivity index (χ1) is 6.30. The number of hydrogen-bond donors (Lipinski definition) is 1. The summed E-state index contributed by atoms with van der Waals surface area (Å²) in [7, 11) is 0. The second-order valence-electron chi connectivity index (χ2n) is 4.62. The van der Waals surface area contributed by atoms with Crippen LogP contribution in [0, 0.1) is 17.8 Å². The molecule has 13 heavy (non-hydrogen) atoms. The highest BCUT2D eigenvalue weighted by Crippen LogP contribution is 2.57. The van der Waals surface area contributed by atoms with Gasteiger partial charge < -0.3 is 5.32 Å². The first-order valence-corrected chi connectivity index (χ1v) is 5.53. The van der Waals surface area contributed by atoms with E-state index in [1.807, 2.05) is 0 Å². The third-order valence-corrected chi connectivity index (χ3v) is 3.80. The van der Waals surface area contributed by atoms with E-state index < -0.39 is 0 Å². The Hall–Kier alpha value is -0.480. The lowest BCUT2D eigenvalue weighted by molar-refractivity contribution is 0.450. The lowest BCUT2D eigenvalue weighted by Crippen LogP contribution is -2.31. The molecule has 2 saturated carbocycles. The molecule has 2 unspecified atom stereocenters. The van der Waals surface area contributed by atoms with Gasteiger partial charge in [0, 0.05) is 6.04 Å². The maximum Gasteiger partial charge on any atom is 0.0686 e. The first kappa shape index (κ1) is 9.09. The van der Waals surface area contributed by atoms with Gasteiger partial charge in [-0.05, 0) is 31.1 Å². The van der Waals surface area contributed by atoms with Crippen molar-refractivity contribution in [1.29, 1.82) is 0 Å². The zero-order valence-electron chi connectivity index (χ0n) is 8.47. The van der Waals surface area contributed by atoms with Gasteiger partial charge in [-0.25, -0.2) is 0 Å². The highest BCUT2D eigenvalue weighted by molar-refractivity contribution is 5.13. The van der Waals surface area contributed by atoms with E-state index in [4.69, 9.17) is 6.42 Å². The van der Waals surface area contributed by atoms with E-state index in [0.29, 0.717) is 11.5 Å². The van der Waals surface area contributed by atoms with Crippen molar-refractivity contribution in [3.63, 3.8) is 0 Å². The third-order valence-electron chi connectivity index (χ3n) is 3.80. The normalized spacial score (nSPS) is 31.5. The zero-order valence-corrected chi connectivity index (χ0v) is 8.47. The Morgan fingerprint density at radius 3 is 2.77 bits per heavy atom. The minimum absolute atomic E-state index is 0.310. The summed E-state index contributed by atoms with van der Waals surface area (Å²) in [6.07, 6.45) is 13.6. The maximum absolute atomic E-state index is 5.43. The van der Waals surface area contributed by atoms with E-state index in [1.54, 1.807) is 0 Å². The van der Waals surface area contributed by atoms with Gasteiger partial charge in [-0.1, -0.05) is 25.7 Å². The van der Waals surface area contributed by atoms with Crippen molar-refractivity contribution in [2.75, 3.05) is 0 Å². The minimum atomic E-state index is 0.310. The second-order valence-corrected chi connectivity index (χ2v) is 4.62. The average Bonchev–Trinajstić information content (AvgIpc) is 2.59. The van der Waals surface area contributed by atoms with Crippen LogP contribution in [0.4, 0.5) is 0 Å². The van der Waals surface area contributed by atoms with E-state index in [1.165, 1.54) is 32.1 Å². The predicted molar refractivity (Wildman–Crippen MR) is 55.4 cm³/mol. The fraction of sp³-hybridized carbons (Fsp3) is 0.833. The van der Waals surface area contributed by atoms with Gasteiger partial charge in [-0.15, -0.1) is 6.42 Å². The standard InChI is InChI=1S/C12H19N/c1-3-10(4-2)13-11-9-12(11)7-5-6-8-12/h1,10-11,13H,4-9H2,2H3. The Morgan fingerprint density at radius 1 is 1.54 bits per heavy atom. The first-order valence-electron chi connectivity index (χ1n) is 5.53. The van der Waals surface area contributed by atoms with Crippen molar-refractivity contribution in [1.82, 2.24) is 5.32 Å². The lowest BCUT2D eigenvalue weighted by atomic mass is 10.0. The van der Waals surface area contributed by atoms with E-state index in [2.05, 4.69) is 18.2 Å². The van der Waals surface area contributed by atoms with Crippen molar-refractivity contribution >= 4 is 0 Å². The molecule has 1 spiro atoms. The van der Waals surface area contributed by atoms with Crippen LogP contribution >= 0.6 is 0 Å². The van der Waals surface area contributed by atoms with Crippen molar-refractivity contribution in [3.05, 3.63) is 0 Å². The summed E-state index contributed by atoms with van der Waals surface area (Å²) in [5.41, 5.74) is 0.685. The SMILES string of the molecule is C#CC(CC)NC1CC12CCCC2. The summed E-state index contributed by atoms with van der Waals surface area (Å²) >= 11 is 0. The molecule has 2 aliphatic carbocycles. The predicted octanol–water partition coefficient (Wildman–Crippen LogP) is 2.32. The number of hydrogen-bond acceptors (Lipinski definition) is 1. The molecule has 0 bridgehead atoms. The molecule has 2 aliphatic rings. The van der Waals surface area contributed by atoms with Crippen LogP contribution in [0.15, 0.2) is 0 Å². The Kier molecular flexibility index (Phi) is 2.34. The number of rotatable bonds is 3. The van der Waals surface area contributed by atoms with Crippen LogP contribution in [0.5, 0.6) is 0 Å². The van der Waals surface area contributed by atoms with Gasteiger partial charge in [0.15, 0.2) is 0 Å². The fourth-order valence-electron chi connectivity index (χ4n) is 2.74. The molecule has 0 aromatic heterocycles. The van der Waals surface area contributed by atoms with Crippen molar-refractivity contribution in [2.24, 2.45) is 5.41 Å². The third kappa shape index (κ3) is 1.60. The van der Waals surface area contributed by atoms with Crippen molar-refractivity contribution in [3.8, 4) is 12.3 Å². The van der Waals surface area contributed by atoms with Gasteiger partial charge in [0.25, 0.3) is 0 Å². The Morgan fingerprint density at radius 2 is 2.23 bits per heavy atom. The van der Waals surface area contributed by atoms with Gasteiger partial charge in [0.1, 0.15) is 0 Å². The molecule has 2 atom stereocenters. The largest absolute Gasteiger partial charge is 0.300 e. The summed E-state index contributed by atoms with van der Waals surface area (Å²) in [6, 6.07) is 1.06. The summed E-state index contributed by atoms with van der Waals surface area (Å²) in [5, 5.41) is 3.59. The number of terminal acetylenes is 1. The molecule has 2 fully saturated rings. The second kappa shape index (κ2) is 3.35. The average molecular weight is 177 g/mol. The van der Waals surface area contributed by atoms with E-state index in [0.717, 1.165) is 12.5 Å². The van der Waals surface area contributed by atoms with Crippen molar-refractivity contribution < 1.29 is 0 Å². The Bertz CT molecular complexity index is 220. The molecule has 0 saturated heterocycles. The van der Waals surface area contributed by atoms with E-state index >= 15 is 0 Å². The monoisotopic (exact) mass is 177 g/mol. The number of nitrogens with one attached hydrogen (secondary N) is 1. The molecule has 0 aliphatic heterocycles. The van der Waals surface area contributed by atoms with Crippen LogP contribution in [0.3, 0.4) is 0 Å². The van der Waals surface area contributed by atoms with Gasteiger partial charge in [0.2, 0.25) is 0 Å². The van der Waals surface area contributed by atoms with Gasteiger partial charge >= 0.3 is 0 Å². The molecule has 0 aromatic carbocycles. The minimum Gasteiger partial charge on any atom is -0.300 e. The molecule has 1 heteroatoms. The van der Waals surface area contributed by atoms with Crippen LogP contribution < -0.4 is 5.32 Å². The van der Waals surface area contributed by atoms with Crippen LogP contribution in [0.25, 0.3) is 0 Å². The molecule has 0 amide bonds. The highest BCUT2D eigenvalue weighted by atomic mass is 15.0. The maximum atomic E-state index is 5.43. The molecule has 0 heterocycles.